The van der Waals surface area contributed by atoms with Crippen LogP contribution in [0.25, 0.3) is 0 Å². The van der Waals surface area contributed by atoms with Gasteiger partial charge in [-0.1, -0.05) is 25.8 Å². The molecule has 7 nitrogen and oxygen atoms in total. The second-order valence-electron chi connectivity index (χ2n) is 6.91. The number of benzene rings is 1. The van der Waals surface area contributed by atoms with E-state index in [9.17, 15) is 0 Å². The summed E-state index contributed by atoms with van der Waals surface area (Å²) in [6.45, 7) is 9.73. The summed E-state index contributed by atoms with van der Waals surface area (Å²) in [5.74, 6) is 1.89. The standard InChI is InChI=1S/C18H26N6OS/c1-13(2)20-5-10-26-23-8-6-22(7-9-23)14-3-4-15-16(11-14)24(15)17-12-25-18(19)21-17/h3-4,11-13,20H,5-10H2,1-2H3,(H2,19,21). The van der Waals surface area contributed by atoms with Crippen LogP contribution in [0.5, 0.6) is 0 Å². The van der Waals surface area contributed by atoms with E-state index in [0.29, 0.717) is 6.04 Å². The molecule has 0 aliphatic carbocycles. The van der Waals surface area contributed by atoms with Crippen LogP contribution in [0.1, 0.15) is 13.8 Å². The first kappa shape index (κ1) is 17.5. The number of hydrogen-bond acceptors (Lipinski definition) is 8. The van der Waals surface area contributed by atoms with Crippen molar-refractivity contribution in [3.05, 3.63) is 24.5 Å². The van der Waals surface area contributed by atoms with Gasteiger partial charge in [-0.05, 0) is 18.2 Å². The van der Waals surface area contributed by atoms with Gasteiger partial charge in [0.25, 0.3) is 6.01 Å². The molecule has 0 unspecified atom stereocenters. The van der Waals surface area contributed by atoms with Crippen LogP contribution in [0.15, 0.2) is 28.9 Å². The smallest absolute Gasteiger partial charge is 0.293 e. The summed E-state index contributed by atoms with van der Waals surface area (Å²) in [5.41, 5.74) is 9.21. The van der Waals surface area contributed by atoms with Gasteiger partial charge in [-0.3, -0.25) is 4.90 Å². The number of nitrogens with zero attached hydrogens (tertiary/aromatic N) is 4. The maximum Gasteiger partial charge on any atom is 0.293 e. The zero-order chi connectivity index (χ0) is 18.1. The Morgan fingerprint density at radius 3 is 2.73 bits per heavy atom. The molecule has 1 saturated heterocycles. The first-order valence-corrected chi connectivity index (χ1v) is 10.1. The minimum Gasteiger partial charge on any atom is -0.430 e. The molecule has 2 aromatic rings. The molecule has 1 aromatic heterocycles. The maximum atomic E-state index is 5.57. The molecule has 140 valence electrons. The van der Waals surface area contributed by atoms with E-state index in [2.05, 4.69) is 56.5 Å². The molecule has 0 spiro atoms. The van der Waals surface area contributed by atoms with E-state index < -0.39 is 0 Å². The van der Waals surface area contributed by atoms with Crippen molar-refractivity contribution in [2.24, 2.45) is 0 Å². The Morgan fingerprint density at radius 1 is 1.23 bits per heavy atom. The molecule has 26 heavy (non-hydrogen) atoms. The molecule has 4 rings (SSSR count). The molecule has 0 atom stereocenters. The lowest BCUT2D eigenvalue weighted by molar-refractivity contribution is 0.429. The van der Waals surface area contributed by atoms with Crippen LogP contribution in [-0.4, -0.2) is 53.8 Å². The summed E-state index contributed by atoms with van der Waals surface area (Å²) in [7, 11) is 0. The molecule has 2 aliphatic rings. The summed E-state index contributed by atoms with van der Waals surface area (Å²) >= 11 is 1.96. The van der Waals surface area contributed by atoms with Gasteiger partial charge in [0.2, 0.25) is 0 Å². The number of oxazole rings is 1. The Hall–Kier alpha value is -1.90. The second-order valence-corrected chi connectivity index (χ2v) is 8.09. The van der Waals surface area contributed by atoms with Gasteiger partial charge in [-0.25, -0.2) is 4.31 Å². The van der Waals surface area contributed by atoms with Crippen LogP contribution in [-0.2, 0) is 0 Å². The minimum absolute atomic E-state index is 0.204. The summed E-state index contributed by atoms with van der Waals surface area (Å²) in [5, 5.41) is 3.47. The monoisotopic (exact) mass is 374 g/mol. The van der Waals surface area contributed by atoms with Crippen LogP contribution < -0.4 is 20.9 Å². The maximum absolute atomic E-state index is 5.57. The first-order chi connectivity index (χ1) is 12.6. The fraction of sp³-hybridized carbons (Fsp3) is 0.500. The summed E-state index contributed by atoms with van der Waals surface area (Å²) < 4.78 is 7.59. The van der Waals surface area contributed by atoms with Crippen LogP contribution in [0.4, 0.5) is 28.9 Å². The number of hydrogen-bond donors (Lipinski definition) is 2. The van der Waals surface area contributed by atoms with Crippen molar-refractivity contribution in [3.8, 4) is 0 Å². The molecule has 0 radical (unpaired) electrons. The van der Waals surface area contributed by atoms with Gasteiger partial charge in [0, 0.05) is 50.2 Å². The SMILES string of the molecule is CC(C)NCCSN1CCN(c2ccc3c(c2)N3c2coc(N)n2)CC1. The predicted octanol–water partition coefficient (Wildman–Crippen LogP) is 2.81. The fourth-order valence-electron chi connectivity index (χ4n) is 3.26. The van der Waals surface area contributed by atoms with Gasteiger partial charge >= 0.3 is 0 Å². The molecular formula is C18H26N6OS. The van der Waals surface area contributed by atoms with Gasteiger partial charge in [-0.2, -0.15) is 4.98 Å². The highest BCUT2D eigenvalue weighted by Crippen LogP contribution is 2.54. The average Bonchev–Trinajstić information content (AvgIpc) is 3.20. The van der Waals surface area contributed by atoms with Gasteiger partial charge < -0.3 is 20.4 Å². The molecule has 3 heterocycles. The van der Waals surface area contributed by atoms with Gasteiger partial charge in [0.05, 0.1) is 11.4 Å². The van der Waals surface area contributed by atoms with Crippen molar-refractivity contribution in [1.82, 2.24) is 14.6 Å². The van der Waals surface area contributed by atoms with Crippen LogP contribution >= 0.6 is 11.9 Å². The second kappa shape index (κ2) is 7.38. The van der Waals surface area contributed by atoms with Crippen molar-refractivity contribution in [1.29, 1.82) is 0 Å². The number of nitrogens with two attached hydrogens (primary N) is 1. The third-order valence-corrected chi connectivity index (χ3v) is 5.78. The Balaban J connectivity index is 1.28. The summed E-state index contributed by atoms with van der Waals surface area (Å²) in [6.07, 6.45) is 1.60. The first-order valence-electron chi connectivity index (χ1n) is 9.13. The highest BCUT2D eigenvalue weighted by Gasteiger charge is 2.33. The van der Waals surface area contributed by atoms with E-state index in [4.69, 9.17) is 10.2 Å². The lowest BCUT2D eigenvalue weighted by atomic mass is 10.2. The van der Waals surface area contributed by atoms with E-state index in [0.717, 1.165) is 44.3 Å². The number of nitrogen functional groups attached to an aromatic ring is 1. The van der Waals surface area contributed by atoms with E-state index in [1.165, 1.54) is 17.1 Å². The lowest BCUT2D eigenvalue weighted by Crippen LogP contribution is -2.43. The number of nitrogens with one attached hydrogen (secondary N) is 1. The van der Waals surface area contributed by atoms with Crippen LogP contribution in [0.3, 0.4) is 0 Å². The molecule has 8 heteroatoms. The van der Waals surface area contributed by atoms with Crippen molar-refractivity contribution in [3.63, 3.8) is 0 Å². The highest BCUT2D eigenvalue weighted by molar-refractivity contribution is 7.97. The Kier molecular flexibility index (Phi) is 4.97. The summed E-state index contributed by atoms with van der Waals surface area (Å²) in [4.78, 5) is 8.72. The molecule has 1 aromatic carbocycles. The number of piperazine rings is 1. The normalized spacial score (nSPS) is 17.0. The zero-order valence-corrected chi connectivity index (χ0v) is 16.1. The largest absolute Gasteiger partial charge is 0.430 e. The molecule has 1 fully saturated rings. The zero-order valence-electron chi connectivity index (χ0n) is 15.3. The van der Waals surface area contributed by atoms with Gasteiger partial charge in [0.15, 0.2) is 5.82 Å². The van der Waals surface area contributed by atoms with Gasteiger partial charge in [-0.15, -0.1) is 0 Å². The molecule has 0 bridgehead atoms. The third kappa shape index (κ3) is 3.77. The molecule has 0 saturated carbocycles. The number of rotatable bonds is 7. The van der Waals surface area contributed by atoms with E-state index in [-0.39, 0.29) is 6.01 Å². The minimum atomic E-state index is 0.204. The number of aromatic nitrogens is 1. The Morgan fingerprint density at radius 2 is 2.04 bits per heavy atom. The molecule has 2 aliphatic heterocycles. The molecule has 0 amide bonds. The van der Waals surface area contributed by atoms with Crippen LogP contribution in [0, 0.1) is 0 Å². The van der Waals surface area contributed by atoms with Crippen molar-refractivity contribution in [2.75, 3.05) is 54.0 Å². The molecular weight excluding hydrogens is 348 g/mol. The Labute approximate surface area is 158 Å². The lowest BCUT2D eigenvalue weighted by Gasteiger charge is -2.35. The molecule has 3 N–H and O–H groups in total. The highest BCUT2D eigenvalue weighted by atomic mass is 32.2. The quantitative estimate of drug-likeness (QED) is 0.372. The van der Waals surface area contributed by atoms with E-state index >= 15 is 0 Å². The third-order valence-electron chi connectivity index (χ3n) is 4.66. The van der Waals surface area contributed by atoms with Crippen molar-refractivity contribution in [2.45, 2.75) is 19.9 Å². The predicted molar refractivity (Wildman–Crippen MR) is 109 cm³/mol. The average molecular weight is 375 g/mol. The van der Waals surface area contributed by atoms with Crippen LogP contribution in [0.2, 0.25) is 0 Å². The number of fused-ring (bicyclic) bond motifs is 1. The topological polar surface area (TPSA) is 73.6 Å². The van der Waals surface area contributed by atoms with E-state index in [1.54, 1.807) is 6.26 Å². The van der Waals surface area contributed by atoms with Gasteiger partial charge in [0.1, 0.15) is 6.26 Å². The fourth-order valence-corrected chi connectivity index (χ4v) is 4.15. The summed E-state index contributed by atoms with van der Waals surface area (Å²) in [6, 6.07) is 7.34. The number of anilines is 5. The van der Waals surface area contributed by atoms with Crippen molar-refractivity contribution >= 4 is 40.8 Å². The Bertz CT molecular complexity index is 756. The van der Waals surface area contributed by atoms with Crippen molar-refractivity contribution < 1.29 is 4.42 Å². The van der Waals surface area contributed by atoms with E-state index in [1.807, 2.05) is 11.9 Å².